The zero-order chi connectivity index (χ0) is 13.4. The average molecular weight is 280 g/mol. The van der Waals surface area contributed by atoms with Crippen LogP contribution in [0.2, 0.25) is 0 Å². The number of amides is 1. The van der Waals surface area contributed by atoms with Gasteiger partial charge in [-0.05, 0) is 0 Å². The number of methoxy groups -OCH3 is 1. The highest BCUT2D eigenvalue weighted by Crippen LogP contribution is 2.06. The molecule has 0 spiro atoms. The highest BCUT2D eigenvalue weighted by Gasteiger charge is 2.24. The lowest BCUT2D eigenvalue weighted by molar-refractivity contribution is -0.120. The van der Waals surface area contributed by atoms with Crippen LogP contribution in [-0.4, -0.2) is 70.9 Å². The van der Waals surface area contributed by atoms with Crippen molar-refractivity contribution in [2.45, 2.75) is 6.42 Å². The largest absolute Gasteiger partial charge is 0.383 e. The third-order valence-corrected chi connectivity index (χ3v) is 4.45. The molecule has 0 bridgehead atoms. The molecule has 1 amide bonds. The molecule has 1 aliphatic heterocycles. The van der Waals surface area contributed by atoms with Crippen LogP contribution in [0.4, 0.5) is 0 Å². The number of sulfonamides is 1. The number of morpholine rings is 1. The fourth-order valence-corrected chi connectivity index (χ4v) is 2.96. The van der Waals surface area contributed by atoms with E-state index in [-0.39, 0.29) is 18.1 Å². The molecule has 0 aromatic rings. The van der Waals surface area contributed by atoms with E-state index in [0.29, 0.717) is 39.5 Å². The van der Waals surface area contributed by atoms with Crippen molar-refractivity contribution in [1.29, 1.82) is 0 Å². The second-order valence-electron chi connectivity index (χ2n) is 3.92. The number of nitrogens with zero attached hydrogens (tertiary/aromatic N) is 1. The van der Waals surface area contributed by atoms with E-state index >= 15 is 0 Å². The monoisotopic (exact) mass is 280 g/mol. The fourth-order valence-electron chi connectivity index (χ4n) is 1.56. The summed E-state index contributed by atoms with van der Waals surface area (Å²) in [5, 5.41) is 2.59. The summed E-state index contributed by atoms with van der Waals surface area (Å²) in [6.45, 7) is 2.38. The van der Waals surface area contributed by atoms with Crippen molar-refractivity contribution >= 4 is 15.9 Å². The van der Waals surface area contributed by atoms with Crippen molar-refractivity contribution in [1.82, 2.24) is 9.62 Å². The molecule has 7 nitrogen and oxygen atoms in total. The van der Waals surface area contributed by atoms with E-state index in [1.807, 2.05) is 0 Å². The highest BCUT2D eigenvalue weighted by atomic mass is 32.2. The Morgan fingerprint density at radius 1 is 1.39 bits per heavy atom. The quantitative estimate of drug-likeness (QED) is 0.592. The van der Waals surface area contributed by atoms with Crippen LogP contribution < -0.4 is 5.32 Å². The van der Waals surface area contributed by atoms with Crippen LogP contribution in [-0.2, 0) is 24.3 Å². The second kappa shape index (κ2) is 7.67. The second-order valence-corrected chi connectivity index (χ2v) is 6.01. The maximum Gasteiger partial charge on any atom is 0.221 e. The predicted octanol–water partition coefficient (Wildman–Crippen LogP) is -1.20. The molecular formula is C10H20N2O5S. The van der Waals surface area contributed by atoms with E-state index in [1.165, 1.54) is 11.4 Å². The molecule has 1 rings (SSSR count). The molecular weight excluding hydrogens is 260 g/mol. The van der Waals surface area contributed by atoms with Crippen LogP contribution in [0.5, 0.6) is 0 Å². The summed E-state index contributed by atoms with van der Waals surface area (Å²) in [6, 6.07) is 0. The molecule has 1 N–H and O–H groups in total. The van der Waals surface area contributed by atoms with Gasteiger partial charge in [0.05, 0.1) is 25.6 Å². The molecule has 0 aromatic heterocycles. The van der Waals surface area contributed by atoms with Gasteiger partial charge in [0.25, 0.3) is 0 Å². The van der Waals surface area contributed by atoms with Crippen molar-refractivity contribution in [2.24, 2.45) is 0 Å². The predicted molar refractivity (Wildman–Crippen MR) is 65.7 cm³/mol. The van der Waals surface area contributed by atoms with E-state index in [2.05, 4.69) is 5.32 Å². The smallest absolute Gasteiger partial charge is 0.221 e. The van der Waals surface area contributed by atoms with Crippen LogP contribution in [0, 0.1) is 0 Å². The van der Waals surface area contributed by atoms with Gasteiger partial charge < -0.3 is 14.8 Å². The van der Waals surface area contributed by atoms with Gasteiger partial charge in [0.15, 0.2) is 0 Å². The average Bonchev–Trinajstić information content (AvgIpc) is 2.38. The van der Waals surface area contributed by atoms with Crippen molar-refractivity contribution in [2.75, 3.05) is 52.3 Å². The lowest BCUT2D eigenvalue weighted by atomic mass is 10.4. The number of ether oxygens (including phenoxy) is 2. The minimum Gasteiger partial charge on any atom is -0.383 e. The zero-order valence-corrected chi connectivity index (χ0v) is 11.4. The molecule has 0 radical (unpaired) electrons. The van der Waals surface area contributed by atoms with Gasteiger partial charge in [0.1, 0.15) is 0 Å². The summed E-state index contributed by atoms with van der Waals surface area (Å²) >= 11 is 0. The molecule has 0 aliphatic carbocycles. The van der Waals surface area contributed by atoms with Gasteiger partial charge in [-0.2, -0.15) is 4.31 Å². The molecule has 1 heterocycles. The first-order chi connectivity index (χ1) is 8.56. The Kier molecular flexibility index (Phi) is 6.55. The van der Waals surface area contributed by atoms with E-state index in [9.17, 15) is 13.2 Å². The lowest BCUT2D eigenvalue weighted by Gasteiger charge is -2.25. The standard InChI is InChI=1S/C10H20N2O5S/c1-16-6-3-11-10(13)2-9-18(14,15)12-4-7-17-8-5-12/h2-9H2,1H3,(H,11,13). The normalized spacial score (nSPS) is 17.6. The molecule has 18 heavy (non-hydrogen) atoms. The molecule has 106 valence electrons. The molecule has 8 heteroatoms. The highest BCUT2D eigenvalue weighted by molar-refractivity contribution is 7.89. The molecule has 0 atom stereocenters. The zero-order valence-electron chi connectivity index (χ0n) is 10.6. The van der Waals surface area contributed by atoms with Gasteiger partial charge in [-0.1, -0.05) is 0 Å². The van der Waals surface area contributed by atoms with Gasteiger partial charge in [-0.15, -0.1) is 0 Å². The fraction of sp³-hybridized carbons (Fsp3) is 0.900. The Balaban J connectivity index is 2.30. The van der Waals surface area contributed by atoms with Gasteiger partial charge in [-0.25, -0.2) is 8.42 Å². The Labute approximate surface area is 107 Å². The maximum atomic E-state index is 11.9. The minimum atomic E-state index is -3.35. The topological polar surface area (TPSA) is 84.9 Å². The Morgan fingerprint density at radius 3 is 2.67 bits per heavy atom. The van der Waals surface area contributed by atoms with E-state index < -0.39 is 10.0 Å². The molecule has 1 aliphatic rings. The molecule has 0 saturated carbocycles. The summed E-state index contributed by atoms with van der Waals surface area (Å²) in [5.74, 6) is -0.435. The van der Waals surface area contributed by atoms with E-state index in [0.717, 1.165) is 0 Å². The Bertz CT molecular complexity index is 351. The first-order valence-electron chi connectivity index (χ1n) is 5.87. The van der Waals surface area contributed by atoms with Gasteiger partial charge in [0.2, 0.25) is 15.9 Å². The van der Waals surface area contributed by atoms with Crippen LogP contribution >= 0.6 is 0 Å². The first-order valence-corrected chi connectivity index (χ1v) is 7.48. The number of hydrogen-bond donors (Lipinski definition) is 1. The SMILES string of the molecule is COCCNC(=O)CCS(=O)(=O)N1CCOCC1. The minimum absolute atomic E-state index is 0.0244. The number of carbonyl (C=O) groups excluding carboxylic acids is 1. The summed E-state index contributed by atoms with van der Waals surface area (Å²) in [4.78, 5) is 11.4. The molecule has 0 unspecified atom stereocenters. The van der Waals surface area contributed by atoms with Gasteiger partial charge in [0, 0.05) is 33.2 Å². The van der Waals surface area contributed by atoms with Crippen molar-refractivity contribution in [3.05, 3.63) is 0 Å². The molecule has 1 saturated heterocycles. The van der Waals surface area contributed by atoms with Crippen LogP contribution in [0.25, 0.3) is 0 Å². The summed E-state index contributed by atoms with van der Waals surface area (Å²) < 4.78 is 35.0. The Morgan fingerprint density at radius 2 is 2.06 bits per heavy atom. The number of nitrogens with one attached hydrogen (secondary N) is 1. The lowest BCUT2D eigenvalue weighted by Crippen LogP contribution is -2.42. The summed E-state index contributed by atoms with van der Waals surface area (Å²) in [5.41, 5.74) is 0. The third kappa shape index (κ3) is 5.30. The molecule has 0 aromatic carbocycles. The van der Waals surface area contributed by atoms with Gasteiger partial charge >= 0.3 is 0 Å². The number of carbonyl (C=O) groups is 1. The Hall–Kier alpha value is -0.700. The van der Waals surface area contributed by atoms with Crippen molar-refractivity contribution < 1.29 is 22.7 Å². The van der Waals surface area contributed by atoms with Crippen LogP contribution in [0.3, 0.4) is 0 Å². The van der Waals surface area contributed by atoms with Gasteiger partial charge in [-0.3, -0.25) is 4.79 Å². The summed E-state index contributed by atoms with van der Waals surface area (Å²) in [6.07, 6.45) is -0.0244. The van der Waals surface area contributed by atoms with E-state index in [4.69, 9.17) is 9.47 Å². The van der Waals surface area contributed by atoms with Crippen LogP contribution in [0.15, 0.2) is 0 Å². The number of rotatable bonds is 7. The number of hydrogen-bond acceptors (Lipinski definition) is 5. The first kappa shape index (κ1) is 15.4. The summed E-state index contributed by atoms with van der Waals surface area (Å²) in [7, 11) is -1.81. The van der Waals surface area contributed by atoms with Crippen molar-refractivity contribution in [3.8, 4) is 0 Å². The molecule has 1 fully saturated rings. The van der Waals surface area contributed by atoms with E-state index in [1.54, 1.807) is 0 Å². The third-order valence-electron chi connectivity index (χ3n) is 2.58. The van der Waals surface area contributed by atoms with Crippen LogP contribution in [0.1, 0.15) is 6.42 Å². The maximum absolute atomic E-state index is 11.9. The van der Waals surface area contributed by atoms with Crippen molar-refractivity contribution in [3.63, 3.8) is 0 Å².